The van der Waals surface area contributed by atoms with Crippen LogP contribution in [0.15, 0.2) is 10.6 Å². The van der Waals surface area contributed by atoms with E-state index < -0.39 is 10.0 Å². The number of aryl methyl sites for hydroxylation is 1. The molecule has 8 nitrogen and oxygen atoms in total. The lowest BCUT2D eigenvalue weighted by Gasteiger charge is -2.35. The third kappa shape index (κ3) is 3.73. The van der Waals surface area contributed by atoms with Crippen LogP contribution in [0.2, 0.25) is 0 Å². The maximum Gasteiger partial charge on any atom is 0.276 e. The fourth-order valence-electron chi connectivity index (χ4n) is 3.34. The van der Waals surface area contributed by atoms with Crippen LogP contribution in [0.4, 0.5) is 0 Å². The molecule has 0 spiro atoms. The zero-order valence-electron chi connectivity index (χ0n) is 13.2. The van der Waals surface area contributed by atoms with Gasteiger partial charge < -0.3 is 14.2 Å². The minimum Gasteiger partial charge on any atom is -0.376 e. The molecule has 0 aliphatic carbocycles. The van der Waals surface area contributed by atoms with Gasteiger partial charge in [0.15, 0.2) is 5.69 Å². The number of rotatable bonds is 4. The van der Waals surface area contributed by atoms with Crippen molar-refractivity contribution in [2.75, 3.05) is 32.5 Å². The molecule has 1 aromatic heterocycles. The molecule has 2 aliphatic rings. The number of amides is 1. The lowest BCUT2D eigenvalue weighted by molar-refractivity contribution is 0.0607. The van der Waals surface area contributed by atoms with Crippen molar-refractivity contribution in [3.63, 3.8) is 0 Å². The molecule has 3 atom stereocenters. The number of hydrogen-bond acceptors (Lipinski definition) is 6. The summed E-state index contributed by atoms with van der Waals surface area (Å²) in [5, 5.41) is 3.77. The minimum absolute atomic E-state index is 0.124. The number of aromatic nitrogens is 1. The molecule has 3 heterocycles. The topological polar surface area (TPSA) is 102 Å². The van der Waals surface area contributed by atoms with Crippen molar-refractivity contribution < 1.29 is 22.5 Å². The predicted molar refractivity (Wildman–Crippen MR) is 81.3 cm³/mol. The van der Waals surface area contributed by atoms with E-state index in [0.717, 1.165) is 12.7 Å². The van der Waals surface area contributed by atoms with Crippen LogP contribution in [0.25, 0.3) is 0 Å². The molecule has 0 bridgehead atoms. The standard InChI is InChI=1S/C14H21N3O5S/c1-9-5-12(16-22-9)14(18)17-4-3-11-10(7-17)8-21-13(11)6-15-23(2,19)20/h5,10-11,13,15H,3-4,6-8H2,1-2H3/t10-,11-,13-/m1/s1. The first kappa shape index (κ1) is 16.4. The van der Waals surface area contributed by atoms with Crippen LogP contribution in [0.3, 0.4) is 0 Å². The Balaban J connectivity index is 1.59. The highest BCUT2D eigenvalue weighted by Gasteiger charge is 2.42. The summed E-state index contributed by atoms with van der Waals surface area (Å²) >= 11 is 0. The molecule has 0 aromatic carbocycles. The maximum atomic E-state index is 12.4. The second kappa shape index (κ2) is 6.21. The molecule has 3 rings (SSSR count). The van der Waals surface area contributed by atoms with E-state index in [1.54, 1.807) is 17.9 Å². The summed E-state index contributed by atoms with van der Waals surface area (Å²) in [5.74, 6) is 0.983. The van der Waals surface area contributed by atoms with E-state index in [1.807, 2.05) is 0 Å². The van der Waals surface area contributed by atoms with Crippen molar-refractivity contribution in [2.24, 2.45) is 11.8 Å². The van der Waals surface area contributed by atoms with Crippen LogP contribution in [0.5, 0.6) is 0 Å². The molecule has 23 heavy (non-hydrogen) atoms. The van der Waals surface area contributed by atoms with Gasteiger partial charge in [-0.15, -0.1) is 0 Å². The third-order valence-corrected chi connectivity index (χ3v) is 5.17. The summed E-state index contributed by atoms with van der Waals surface area (Å²) in [5.41, 5.74) is 0.329. The van der Waals surface area contributed by atoms with E-state index in [1.165, 1.54) is 0 Å². The van der Waals surface area contributed by atoms with Crippen molar-refractivity contribution in [1.82, 2.24) is 14.8 Å². The number of sulfonamides is 1. The lowest BCUT2D eigenvalue weighted by Crippen LogP contribution is -2.46. The SMILES string of the molecule is Cc1cc(C(=O)N2CC[C@@H]3[C@@H](CO[C@@H]3CNS(C)(=O)=O)C2)no1. The van der Waals surface area contributed by atoms with Crippen molar-refractivity contribution in [1.29, 1.82) is 0 Å². The minimum atomic E-state index is -3.22. The van der Waals surface area contributed by atoms with Crippen LogP contribution >= 0.6 is 0 Å². The maximum absolute atomic E-state index is 12.4. The molecule has 1 aromatic rings. The number of piperidine rings is 1. The molecular formula is C14H21N3O5S. The fraction of sp³-hybridized carbons (Fsp3) is 0.714. The number of hydrogen-bond donors (Lipinski definition) is 1. The van der Waals surface area contributed by atoms with Crippen molar-refractivity contribution in [3.8, 4) is 0 Å². The summed E-state index contributed by atoms with van der Waals surface area (Å²) < 4.78 is 35.6. The number of nitrogens with one attached hydrogen (secondary N) is 1. The molecule has 0 radical (unpaired) electrons. The van der Waals surface area contributed by atoms with E-state index in [4.69, 9.17) is 9.26 Å². The van der Waals surface area contributed by atoms with E-state index >= 15 is 0 Å². The molecule has 2 saturated heterocycles. The second-order valence-corrected chi connectivity index (χ2v) is 8.11. The molecule has 9 heteroatoms. The van der Waals surface area contributed by atoms with Gasteiger partial charge in [-0.05, 0) is 19.3 Å². The Morgan fingerprint density at radius 3 is 2.96 bits per heavy atom. The number of ether oxygens (including phenoxy) is 1. The highest BCUT2D eigenvalue weighted by Crippen LogP contribution is 2.34. The quantitative estimate of drug-likeness (QED) is 0.826. The summed E-state index contributed by atoms with van der Waals surface area (Å²) in [4.78, 5) is 14.2. The number of nitrogens with zero attached hydrogens (tertiary/aromatic N) is 2. The van der Waals surface area contributed by atoms with Gasteiger partial charge >= 0.3 is 0 Å². The Morgan fingerprint density at radius 1 is 1.52 bits per heavy atom. The largest absolute Gasteiger partial charge is 0.376 e. The first-order chi connectivity index (χ1) is 10.8. The average Bonchev–Trinajstić information content (AvgIpc) is 3.09. The molecule has 0 unspecified atom stereocenters. The van der Waals surface area contributed by atoms with E-state index in [0.29, 0.717) is 31.2 Å². The highest BCUT2D eigenvalue weighted by atomic mass is 32.2. The lowest BCUT2D eigenvalue weighted by atomic mass is 9.84. The van der Waals surface area contributed by atoms with E-state index in [-0.39, 0.29) is 30.4 Å². The fourth-order valence-corrected chi connectivity index (χ4v) is 3.81. The summed E-state index contributed by atoms with van der Waals surface area (Å²) in [6.07, 6.45) is 1.81. The predicted octanol–water partition coefficient (Wildman–Crippen LogP) is 0.00932. The first-order valence-corrected chi connectivity index (χ1v) is 9.51. The molecule has 2 aliphatic heterocycles. The Labute approximate surface area is 135 Å². The number of likely N-dealkylation sites (tertiary alicyclic amines) is 1. The Morgan fingerprint density at radius 2 is 2.30 bits per heavy atom. The van der Waals surface area contributed by atoms with Gasteiger partial charge in [0.1, 0.15) is 5.76 Å². The first-order valence-electron chi connectivity index (χ1n) is 7.62. The van der Waals surface area contributed by atoms with Crippen LogP contribution in [-0.2, 0) is 14.8 Å². The van der Waals surface area contributed by atoms with Gasteiger partial charge in [0.2, 0.25) is 10.0 Å². The van der Waals surface area contributed by atoms with Gasteiger partial charge in [0.05, 0.1) is 19.0 Å². The highest BCUT2D eigenvalue weighted by molar-refractivity contribution is 7.88. The van der Waals surface area contributed by atoms with Crippen molar-refractivity contribution >= 4 is 15.9 Å². The van der Waals surface area contributed by atoms with Gasteiger partial charge in [-0.2, -0.15) is 0 Å². The van der Waals surface area contributed by atoms with Crippen LogP contribution in [0, 0.1) is 18.8 Å². The van der Waals surface area contributed by atoms with E-state index in [2.05, 4.69) is 9.88 Å². The van der Waals surface area contributed by atoms with Gasteiger partial charge in [-0.1, -0.05) is 5.16 Å². The summed E-state index contributed by atoms with van der Waals surface area (Å²) in [6, 6.07) is 1.64. The molecule has 0 saturated carbocycles. The van der Waals surface area contributed by atoms with Gasteiger partial charge in [0.25, 0.3) is 5.91 Å². The second-order valence-electron chi connectivity index (χ2n) is 6.28. The Hall–Kier alpha value is -1.45. The van der Waals surface area contributed by atoms with Gasteiger partial charge in [-0.25, -0.2) is 13.1 Å². The summed E-state index contributed by atoms with van der Waals surface area (Å²) in [7, 11) is -3.22. The normalized spacial score (nSPS) is 27.9. The van der Waals surface area contributed by atoms with Crippen LogP contribution in [-0.4, -0.2) is 63.0 Å². The number of fused-ring (bicyclic) bond motifs is 1. The van der Waals surface area contributed by atoms with Crippen molar-refractivity contribution in [3.05, 3.63) is 17.5 Å². The summed E-state index contributed by atoms with van der Waals surface area (Å²) in [6.45, 7) is 3.80. The smallest absolute Gasteiger partial charge is 0.276 e. The zero-order chi connectivity index (χ0) is 16.6. The van der Waals surface area contributed by atoms with Gasteiger partial charge in [0, 0.05) is 31.6 Å². The van der Waals surface area contributed by atoms with Crippen molar-refractivity contribution in [2.45, 2.75) is 19.4 Å². The number of carbonyl (C=O) groups is 1. The van der Waals surface area contributed by atoms with E-state index in [9.17, 15) is 13.2 Å². The molecule has 2 fully saturated rings. The van der Waals surface area contributed by atoms with Crippen LogP contribution in [0.1, 0.15) is 22.7 Å². The van der Waals surface area contributed by atoms with Gasteiger partial charge in [-0.3, -0.25) is 4.79 Å². The zero-order valence-corrected chi connectivity index (χ0v) is 14.0. The number of carbonyl (C=O) groups excluding carboxylic acids is 1. The monoisotopic (exact) mass is 343 g/mol. The Kier molecular flexibility index (Phi) is 4.43. The third-order valence-electron chi connectivity index (χ3n) is 4.48. The average molecular weight is 343 g/mol. The molecule has 128 valence electrons. The molecule has 1 N–H and O–H groups in total. The Bertz CT molecular complexity index is 686. The van der Waals surface area contributed by atoms with Crippen LogP contribution < -0.4 is 4.72 Å². The molecular weight excluding hydrogens is 322 g/mol. The molecule has 1 amide bonds.